The Kier molecular flexibility index (Phi) is 3.67. The number of halogens is 1. The van der Waals surface area contributed by atoms with E-state index in [1.54, 1.807) is 12.1 Å². The van der Waals surface area contributed by atoms with E-state index in [-0.39, 0.29) is 12.5 Å². The van der Waals surface area contributed by atoms with Crippen LogP contribution in [0.1, 0.15) is 5.69 Å². The molecular weight excluding hydrogens is 284 g/mol. The molecule has 0 unspecified atom stereocenters. The first-order chi connectivity index (χ1) is 10.1. The molecule has 0 atom stereocenters. The highest BCUT2D eigenvalue weighted by Crippen LogP contribution is 2.20. The number of anilines is 1. The monoisotopic (exact) mass is 298 g/mol. The average molecular weight is 299 g/mol. The highest BCUT2D eigenvalue weighted by molar-refractivity contribution is 6.30. The van der Waals surface area contributed by atoms with Crippen LogP contribution in [-0.2, 0) is 11.3 Å². The summed E-state index contributed by atoms with van der Waals surface area (Å²) in [5, 5.41) is 4.62. The van der Waals surface area contributed by atoms with Crippen molar-refractivity contribution < 1.29 is 4.79 Å². The molecule has 0 aliphatic carbocycles. The average Bonchev–Trinajstić information content (AvgIpc) is 2.75. The number of carbonyl (C=O) groups excluding carboxylic acids is 1. The van der Waals surface area contributed by atoms with Gasteiger partial charge in [0.25, 0.3) is 0 Å². The smallest absolute Gasteiger partial charge is 0.244 e. The van der Waals surface area contributed by atoms with Gasteiger partial charge in [0.15, 0.2) is 0 Å². The van der Waals surface area contributed by atoms with Crippen molar-refractivity contribution in [2.75, 3.05) is 5.32 Å². The fourth-order valence-corrected chi connectivity index (χ4v) is 2.66. The molecule has 0 aliphatic heterocycles. The number of nitrogens with zero attached hydrogens (tertiary/aromatic N) is 1. The standard InChI is InChI=1S/C17H15ClN2O/c1-12-9-13-5-2-3-8-16(13)20(12)11-17(21)19-15-7-4-6-14(18)10-15/h2-10H,11H2,1H3,(H,19,21). The topological polar surface area (TPSA) is 34.0 Å². The number of aromatic nitrogens is 1. The van der Waals surface area contributed by atoms with Crippen LogP contribution in [0, 0.1) is 6.92 Å². The van der Waals surface area contributed by atoms with Gasteiger partial charge in [-0.05, 0) is 42.6 Å². The number of amides is 1. The van der Waals surface area contributed by atoms with Crippen LogP contribution in [0.5, 0.6) is 0 Å². The summed E-state index contributed by atoms with van der Waals surface area (Å²) < 4.78 is 2.01. The zero-order valence-electron chi connectivity index (χ0n) is 11.6. The third-order valence-electron chi connectivity index (χ3n) is 3.43. The summed E-state index contributed by atoms with van der Waals surface area (Å²) in [5.74, 6) is -0.0679. The Morgan fingerprint density at radius 3 is 2.76 bits per heavy atom. The van der Waals surface area contributed by atoms with Gasteiger partial charge in [-0.15, -0.1) is 0 Å². The number of para-hydroxylation sites is 1. The highest BCUT2D eigenvalue weighted by atomic mass is 35.5. The van der Waals surface area contributed by atoms with Crippen LogP contribution >= 0.6 is 11.6 Å². The van der Waals surface area contributed by atoms with Crippen LogP contribution in [0.3, 0.4) is 0 Å². The first-order valence-electron chi connectivity index (χ1n) is 6.74. The van der Waals surface area contributed by atoms with Crippen LogP contribution in [0.2, 0.25) is 5.02 Å². The van der Waals surface area contributed by atoms with Crippen molar-refractivity contribution in [3.63, 3.8) is 0 Å². The second kappa shape index (κ2) is 5.62. The molecule has 1 heterocycles. The summed E-state index contributed by atoms with van der Waals surface area (Å²) in [6.45, 7) is 2.29. The summed E-state index contributed by atoms with van der Waals surface area (Å²) in [4.78, 5) is 12.2. The minimum atomic E-state index is -0.0679. The van der Waals surface area contributed by atoms with E-state index in [1.807, 2.05) is 47.9 Å². The van der Waals surface area contributed by atoms with Crippen molar-refractivity contribution in [1.29, 1.82) is 0 Å². The first kappa shape index (κ1) is 13.7. The van der Waals surface area contributed by atoms with Crippen LogP contribution in [0.25, 0.3) is 10.9 Å². The molecule has 3 rings (SSSR count). The van der Waals surface area contributed by atoms with Crippen molar-refractivity contribution in [3.8, 4) is 0 Å². The molecule has 0 aliphatic rings. The lowest BCUT2D eigenvalue weighted by Crippen LogP contribution is -2.19. The van der Waals surface area contributed by atoms with Crippen molar-refractivity contribution in [2.24, 2.45) is 0 Å². The quantitative estimate of drug-likeness (QED) is 0.771. The number of aryl methyl sites for hydroxylation is 1. The first-order valence-corrected chi connectivity index (χ1v) is 7.11. The zero-order valence-corrected chi connectivity index (χ0v) is 12.4. The lowest BCUT2D eigenvalue weighted by molar-refractivity contribution is -0.116. The molecule has 0 saturated heterocycles. The van der Waals surface area contributed by atoms with Crippen molar-refractivity contribution >= 4 is 34.1 Å². The van der Waals surface area contributed by atoms with E-state index in [2.05, 4.69) is 11.4 Å². The second-order valence-corrected chi connectivity index (χ2v) is 5.43. The third-order valence-corrected chi connectivity index (χ3v) is 3.66. The van der Waals surface area contributed by atoms with Gasteiger partial charge in [-0.3, -0.25) is 4.79 Å². The number of hydrogen-bond acceptors (Lipinski definition) is 1. The zero-order chi connectivity index (χ0) is 14.8. The lowest BCUT2D eigenvalue weighted by atomic mass is 10.2. The second-order valence-electron chi connectivity index (χ2n) is 4.99. The van der Waals surface area contributed by atoms with Crippen molar-refractivity contribution in [1.82, 2.24) is 4.57 Å². The number of fused-ring (bicyclic) bond motifs is 1. The largest absolute Gasteiger partial charge is 0.335 e. The lowest BCUT2D eigenvalue weighted by Gasteiger charge is -2.09. The molecule has 0 fully saturated rings. The molecule has 2 aromatic carbocycles. The summed E-state index contributed by atoms with van der Waals surface area (Å²) in [5.41, 5.74) is 2.84. The maximum absolute atomic E-state index is 12.2. The van der Waals surface area contributed by atoms with E-state index >= 15 is 0 Å². The maximum Gasteiger partial charge on any atom is 0.244 e. The predicted octanol–water partition coefficient (Wildman–Crippen LogP) is 4.24. The van der Waals surface area contributed by atoms with E-state index in [1.165, 1.54) is 0 Å². The van der Waals surface area contributed by atoms with Crippen LogP contribution in [0.15, 0.2) is 54.6 Å². The summed E-state index contributed by atoms with van der Waals surface area (Å²) in [6.07, 6.45) is 0. The van der Waals surface area contributed by atoms with E-state index in [9.17, 15) is 4.79 Å². The molecule has 21 heavy (non-hydrogen) atoms. The Hall–Kier alpha value is -2.26. The molecule has 3 aromatic rings. The van der Waals surface area contributed by atoms with E-state index < -0.39 is 0 Å². The molecule has 0 saturated carbocycles. The van der Waals surface area contributed by atoms with Crippen LogP contribution in [0.4, 0.5) is 5.69 Å². The van der Waals surface area contributed by atoms with Crippen LogP contribution in [-0.4, -0.2) is 10.5 Å². The maximum atomic E-state index is 12.2. The number of benzene rings is 2. The fourth-order valence-electron chi connectivity index (χ4n) is 2.47. The molecule has 106 valence electrons. The van der Waals surface area contributed by atoms with E-state index in [0.717, 1.165) is 16.6 Å². The number of nitrogens with one attached hydrogen (secondary N) is 1. The fraction of sp³-hybridized carbons (Fsp3) is 0.118. The molecule has 1 N–H and O–H groups in total. The molecule has 0 radical (unpaired) electrons. The Morgan fingerprint density at radius 2 is 1.95 bits per heavy atom. The Labute approximate surface area is 128 Å². The van der Waals surface area contributed by atoms with Crippen molar-refractivity contribution in [2.45, 2.75) is 13.5 Å². The van der Waals surface area contributed by atoms with Gasteiger partial charge in [0.05, 0.1) is 0 Å². The molecule has 1 aromatic heterocycles. The Balaban J connectivity index is 1.82. The molecule has 0 bridgehead atoms. The van der Waals surface area contributed by atoms with Gasteiger partial charge in [0.1, 0.15) is 6.54 Å². The summed E-state index contributed by atoms with van der Waals surface area (Å²) >= 11 is 5.92. The normalized spacial score (nSPS) is 10.8. The minimum absolute atomic E-state index is 0.0679. The van der Waals surface area contributed by atoms with E-state index in [0.29, 0.717) is 10.7 Å². The third kappa shape index (κ3) is 2.93. The molecule has 0 spiro atoms. The number of rotatable bonds is 3. The minimum Gasteiger partial charge on any atom is -0.335 e. The Bertz CT molecular complexity index is 807. The van der Waals surface area contributed by atoms with Gasteiger partial charge in [0.2, 0.25) is 5.91 Å². The summed E-state index contributed by atoms with van der Waals surface area (Å²) in [6, 6.07) is 17.3. The van der Waals surface area contributed by atoms with Crippen LogP contribution < -0.4 is 5.32 Å². The number of hydrogen-bond donors (Lipinski definition) is 1. The van der Waals surface area contributed by atoms with Gasteiger partial charge < -0.3 is 9.88 Å². The molecule has 3 nitrogen and oxygen atoms in total. The predicted molar refractivity (Wildman–Crippen MR) is 86.8 cm³/mol. The van der Waals surface area contributed by atoms with Crippen molar-refractivity contribution in [3.05, 3.63) is 65.3 Å². The molecule has 4 heteroatoms. The van der Waals surface area contributed by atoms with Gasteiger partial charge >= 0.3 is 0 Å². The highest BCUT2D eigenvalue weighted by Gasteiger charge is 2.09. The van der Waals surface area contributed by atoms with Gasteiger partial charge in [-0.25, -0.2) is 0 Å². The number of carbonyl (C=O) groups is 1. The Morgan fingerprint density at radius 1 is 1.14 bits per heavy atom. The summed E-state index contributed by atoms with van der Waals surface area (Å²) in [7, 11) is 0. The van der Waals surface area contributed by atoms with Gasteiger partial charge in [-0.1, -0.05) is 35.9 Å². The SMILES string of the molecule is Cc1cc2ccccc2n1CC(=O)Nc1cccc(Cl)c1. The molecule has 1 amide bonds. The van der Waals surface area contributed by atoms with Gasteiger partial charge in [-0.2, -0.15) is 0 Å². The molecular formula is C17H15ClN2O. The van der Waals surface area contributed by atoms with Gasteiger partial charge in [0, 0.05) is 21.9 Å². The van der Waals surface area contributed by atoms with E-state index in [4.69, 9.17) is 11.6 Å².